The summed E-state index contributed by atoms with van der Waals surface area (Å²) in [6.07, 6.45) is 0. The van der Waals surface area contributed by atoms with Crippen molar-refractivity contribution in [2.75, 3.05) is 19.6 Å². The molecule has 3 aromatic carbocycles. The molecule has 0 bridgehead atoms. The third-order valence-electron chi connectivity index (χ3n) is 5.15. The molecule has 2 N–H and O–H groups in total. The molecule has 4 rings (SSSR count). The Morgan fingerprint density at radius 3 is 2.53 bits per heavy atom. The number of halogens is 2. The molecule has 0 aliphatic rings. The van der Waals surface area contributed by atoms with E-state index in [1.54, 1.807) is 18.9 Å². The van der Waals surface area contributed by atoms with Crippen molar-refractivity contribution < 1.29 is 14.2 Å². The van der Waals surface area contributed by atoms with E-state index >= 15 is 0 Å². The van der Waals surface area contributed by atoms with Gasteiger partial charge >= 0.3 is 0 Å². The first-order chi connectivity index (χ1) is 16.5. The van der Waals surface area contributed by atoms with Crippen molar-refractivity contribution in [2.24, 2.45) is 0 Å². The first-order valence-electron chi connectivity index (χ1n) is 10.3. The fraction of sp³-hybridized carbons (Fsp3) is 0.167. The highest BCUT2D eigenvalue weighted by atomic mass is 79.9. The molecule has 0 radical (unpaired) electrons. The van der Waals surface area contributed by atoms with Crippen LogP contribution in [0.4, 0.5) is 0 Å². The van der Waals surface area contributed by atoms with Crippen LogP contribution in [0.1, 0.15) is 11.1 Å². The number of benzene rings is 3. The van der Waals surface area contributed by atoms with Gasteiger partial charge in [-0.15, -0.1) is 0 Å². The van der Waals surface area contributed by atoms with Crippen LogP contribution in [0.5, 0.6) is 17.2 Å². The predicted octanol–water partition coefficient (Wildman–Crippen LogP) is 6.36. The van der Waals surface area contributed by atoms with Crippen LogP contribution >= 0.6 is 39.7 Å². The molecule has 10 heteroatoms. The highest BCUT2D eigenvalue weighted by Crippen LogP contribution is 2.37. The lowest BCUT2D eigenvalue weighted by Crippen LogP contribution is -2.17. The second-order valence-corrected chi connectivity index (χ2v) is 8.81. The van der Waals surface area contributed by atoms with Crippen molar-refractivity contribution in [3.63, 3.8) is 0 Å². The quantitative estimate of drug-likeness (QED) is 0.232. The summed E-state index contributed by atoms with van der Waals surface area (Å²) in [6.45, 7) is 0.655. The van der Waals surface area contributed by atoms with Gasteiger partial charge < -0.3 is 19.6 Å². The number of nitrogens with zero attached hydrogens (tertiary/aromatic N) is 2. The summed E-state index contributed by atoms with van der Waals surface area (Å²) < 4.78 is 20.2. The number of H-pyrrole nitrogens is 1. The standard InChI is InChI=1S/C24H22BrClN4O3S/c1-31-20-10-6-4-8-16(20)23-28-29-24(34)30(23)27-13-17-18(25)11-12-21(32-2)22(17)33-14-15-7-3-5-9-19(15)26/h3-12,27H,13-14H2,1-2H3,(H,29,34). The van der Waals surface area contributed by atoms with E-state index in [1.807, 2.05) is 60.7 Å². The zero-order valence-corrected chi connectivity index (χ0v) is 21.6. The molecule has 0 unspecified atom stereocenters. The van der Waals surface area contributed by atoms with Crippen LogP contribution in [0.25, 0.3) is 11.4 Å². The molecule has 176 valence electrons. The minimum absolute atomic E-state index is 0.289. The smallest absolute Gasteiger partial charge is 0.214 e. The lowest BCUT2D eigenvalue weighted by molar-refractivity contribution is 0.281. The minimum Gasteiger partial charge on any atom is -0.496 e. The Hall–Kier alpha value is -3.01. The second kappa shape index (κ2) is 10.9. The Morgan fingerprint density at radius 2 is 1.76 bits per heavy atom. The SMILES string of the molecule is COc1ccccc1-c1n[nH]c(=S)n1NCc1c(Br)ccc(OC)c1OCc1ccccc1Cl. The minimum atomic E-state index is 0.289. The molecule has 0 atom stereocenters. The maximum absolute atomic E-state index is 6.31. The molecule has 0 saturated carbocycles. The van der Waals surface area contributed by atoms with Crippen molar-refractivity contribution in [1.82, 2.24) is 14.9 Å². The normalized spacial score (nSPS) is 10.7. The van der Waals surface area contributed by atoms with Gasteiger partial charge in [-0.05, 0) is 42.5 Å². The number of aromatic nitrogens is 3. The third-order valence-corrected chi connectivity index (χ3v) is 6.54. The van der Waals surface area contributed by atoms with Crippen molar-refractivity contribution in [3.8, 4) is 28.6 Å². The van der Waals surface area contributed by atoms with Crippen LogP contribution in [-0.2, 0) is 13.2 Å². The topological polar surface area (TPSA) is 73.3 Å². The summed E-state index contributed by atoms with van der Waals surface area (Å²) in [4.78, 5) is 0. The van der Waals surface area contributed by atoms with E-state index < -0.39 is 0 Å². The first kappa shape index (κ1) is 24.1. The first-order valence-corrected chi connectivity index (χ1v) is 11.9. The fourth-order valence-corrected chi connectivity index (χ4v) is 4.28. The summed E-state index contributed by atoms with van der Waals surface area (Å²) >= 11 is 15.4. The Balaban J connectivity index is 1.65. The molecule has 7 nitrogen and oxygen atoms in total. The number of methoxy groups -OCH3 is 2. The molecule has 0 fully saturated rings. The van der Waals surface area contributed by atoms with Crippen molar-refractivity contribution >= 4 is 39.7 Å². The molecular weight excluding hydrogens is 540 g/mol. The zero-order valence-electron chi connectivity index (χ0n) is 18.5. The molecule has 0 amide bonds. The molecule has 4 aromatic rings. The summed E-state index contributed by atoms with van der Waals surface area (Å²) in [5.41, 5.74) is 5.86. The molecule has 1 heterocycles. The highest BCUT2D eigenvalue weighted by molar-refractivity contribution is 9.10. The maximum Gasteiger partial charge on any atom is 0.214 e. The number of hydrogen-bond acceptors (Lipinski definition) is 6. The van der Waals surface area contributed by atoms with Gasteiger partial charge in [0.2, 0.25) is 4.77 Å². The molecule has 34 heavy (non-hydrogen) atoms. The monoisotopic (exact) mass is 560 g/mol. The van der Waals surface area contributed by atoms with E-state index in [4.69, 9.17) is 38.0 Å². The number of nitrogens with one attached hydrogen (secondary N) is 2. The number of rotatable bonds is 9. The Labute approximate surface area is 215 Å². The van der Waals surface area contributed by atoms with Crippen LogP contribution in [0.15, 0.2) is 65.1 Å². The van der Waals surface area contributed by atoms with E-state index in [0.29, 0.717) is 39.4 Å². The zero-order chi connectivity index (χ0) is 24.1. The van der Waals surface area contributed by atoms with Crippen LogP contribution in [0.3, 0.4) is 0 Å². The predicted molar refractivity (Wildman–Crippen MR) is 139 cm³/mol. The van der Waals surface area contributed by atoms with Crippen molar-refractivity contribution in [3.05, 3.63) is 86.1 Å². The van der Waals surface area contributed by atoms with Gasteiger partial charge in [0.25, 0.3) is 0 Å². The number of para-hydroxylation sites is 1. The van der Waals surface area contributed by atoms with Gasteiger partial charge in [0.15, 0.2) is 17.3 Å². The van der Waals surface area contributed by atoms with Gasteiger partial charge in [-0.1, -0.05) is 57.9 Å². The van der Waals surface area contributed by atoms with Crippen LogP contribution in [0, 0.1) is 4.77 Å². The van der Waals surface area contributed by atoms with Gasteiger partial charge in [0.05, 0.1) is 26.3 Å². The van der Waals surface area contributed by atoms with Gasteiger partial charge in [-0.25, -0.2) is 9.77 Å². The number of aromatic amines is 1. The van der Waals surface area contributed by atoms with E-state index in [2.05, 4.69) is 31.6 Å². The summed E-state index contributed by atoms with van der Waals surface area (Å²) in [5, 5.41) is 7.88. The van der Waals surface area contributed by atoms with Crippen LogP contribution in [0.2, 0.25) is 5.02 Å². The summed E-state index contributed by atoms with van der Waals surface area (Å²) in [5.74, 6) is 2.48. The Morgan fingerprint density at radius 1 is 1.03 bits per heavy atom. The largest absolute Gasteiger partial charge is 0.496 e. The molecule has 0 spiro atoms. The molecule has 0 aliphatic carbocycles. The van der Waals surface area contributed by atoms with Gasteiger partial charge in [-0.2, -0.15) is 5.10 Å². The average Bonchev–Trinajstić information content (AvgIpc) is 3.22. The fourth-order valence-electron chi connectivity index (χ4n) is 3.44. The lowest BCUT2D eigenvalue weighted by Gasteiger charge is -2.18. The third kappa shape index (κ3) is 5.06. The van der Waals surface area contributed by atoms with Crippen molar-refractivity contribution in [1.29, 1.82) is 0 Å². The van der Waals surface area contributed by atoms with E-state index in [-0.39, 0.29) is 6.61 Å². The number of ether oxygens (including phenoxy) is 3. The van der Waals surface area contributed by atoms with E-state index in [9.17, 15) is 0 Å². The summed E-state index contributed by atoms with van der Waals surface area (Å²) in [7, 11) is 3.22. The second-order valence-electron chi connectivity index (χ2n) is 7.16. The lowest BCUT2D eigenvalue weighted by atomic mass is 10.1. The molecule has 0 aliphatic heterocycles. The molecule has 1 aromatic heterocycles. The molecular formula is C24H22BrClN4O3S. The van der Waals surface area contributed by atoms with E-state index in [0.717, 1.165) is 21.2 Å². The van der Waals surface area contributed by atoms with Gasteiger partial charge in [0.1, 0.15) is 12.4 Å². The average molecular weight is 562 g/mol. The van der Waals surface area contributed by atoms with Gasteiger partial charge in [0, 0.05) is 20.6 Å². The van der Waals surface area contributed by atoms with Crippen LogP contribution < -0.4 is 19.6 Å². The Bertz CT molecular complexity index is 1360. The molecule has 0 saturated heterocycles. The summed E-state index contributed by atoms with van der Waals surface area (Å²) in [6, 6.07) is 18.9. The van der Waals surface area contributed by atoms with E-state index in [1.165, 1.54) is 0 Å². The van der Waals surface area contributed by atoms with Crippen LogP contribution in [-0.4, -0.2) is 29.1 Å². The maximum atomic E-state index is 6.31. The number of hydrogen-bond donors (Lipinski definition) is 2. The van der Waals surface area contributed by atoms with Crippen molar-refractivity contribution in [2.45, 2.75) is 13.2 Å². The van der Waals surface area contributed by atoms with Gasteiger partial charge in [-0.3, -0.25) is 0 Å². The highest BCUT2D eigenvalue weighted by Gasteiger charge is 2.18. The Kier molecular flexibility index (Phi) is 7.77.